The molecule has 1 saturated heterocycles. The van der Waals surface area contributed by atoms with Gasteiger partial charge in [0.15, 0.2) is 6.61 Å². The quantitative estimate of drug-likeness (QED) is 0.635. The smallest absolute Gasteiger partial charge is 0.338 e. The topological polar surface area (TPSA) is 78.3 Å². The summed E-state index contributed by atoms with van der Waals surface area (Å²) in [6, 6.07) is 14.7. The molecule has 1 heterocycles. The van der Waals surface area contributed by atoms with Crippen molar-refractivity contribution in [1.82, 2.24) is 5.32 Å². The molecule has 154 valence electrons. The summed E-state index contributed by atoms with van der Waals surface area (Å²) < 4.78 is 15.6. The molecule has 3 rings (SSSR count). The van der Waals surface area contributed by atoms with Gasteiger partial charge in [0.2, 0.25) is 0 Å². The van der Waals surface area contributed by atoms with Gasteiger partial charge in [-0.2, -0.15) is 0 Å². The molecule has 2 aromatic carbocycles. The zero-order valence-corrected chi connectivity index (χ0v) is 16.6. The molecule has 0 bridgehead atoms. The number of benzene rings is 2. The van der Waals surface area contributed by atoms with Crippen molar-refractivity contribution in [1.29, 1.82) is 0 Å². The Hall–Kier alpha value is -2.90. The van der Waals surface area contributed by atoms with Crippen molar-refractivity contribution in [2.75, 3.05) is 40.0 Å². The number of carbonyl (C=O) groups is 2. The van der Waals surface area contributed by atoms with Crippen molar-refractivity contribution in [2.45, 2.75) is 13.1 Å². The van der Waals surface area contributed by atoms with E-state index in [9.17, 15) is 9.59 Å². The molecule has 7 heteroatoms. The van der Waals surface area contributed by atoms with Crippen molar-refractivity contribution in [3.05, 3.63) is 65.2 Å². The van der Waals surface area contributed by atoms with Crippen LogP contribution in [0.4, 0.5) is 0 Å². The lowest BCUT2D eigenvalue weighted by molar-refractivity contribution is -0.921. The number of ether oxygens (including phenoxy) is 3. The molecule has 0 atom stereocenters. The van der Waals surface area contributed by atoms with E-state index >= 15 is 0 Å². The average molecular weight is 399 g/mol. The number of methoxy groups -OCH3 is 1. The zero-order valence-electron chi connectivity index (χ0n) is 16.6. The van der Waals surface area contributed by atoms with Crippen LogP contribution in [-0.2, 0) is 27.4 Å². The maximum atomic E-state index is 12.2. The summed E-state index contributed by atoms with van der Waals surface area (Å²) in [6.45, 7) is 4.53. The van der Waals surface area contributed by atoms with E-state index in [0.29, 0.717) is 12.1 Å². The fraction of sp³-hybridized carbons (Fsp3) is 0.364. The summed E-state index contributed by atoms with van der Waals surface area (Å²) in [7, 11) is 1.60. The van der Waals surface area contributed by atoms with Crippen LogP contribution >= 0.6 is 0 Å². The minimum Gasteiger partial charge on any atom is -0.497 e. The van der Waals surface area contributed by atoms with Crippen molar-refractivity contribution >= 4 is 11.9 Å². The molecule has 0 aromatic heterocycles. The van der Waals surface area contributed by atoms with Crippen LogP contribution in [0.5, 0.6) is 5.75 Å². The highest BCUT2D eigenvalue weighted by Gasteiger charge is 2.15. The first-order valence-electron chi connectivity index (χ1n) is 9.71. The van der Waals surface area contributed by atoms with Gasteiger partial charge >= 0.3 is 5.97 Å². The van der Waals surface area contributed by atoms with E-state index in [0.717, 1.165) is 49.7 Å². The first-order valence-corrected chi connectivity index (χ1v) is 9.71. The molecule has 1 aliphatic heterocycles. The van der Waals surface area contributed by atoms with Crippen LogP contribution in [0.15, 0.2) is 48.5 Å². The van der Waals surface area contributed by atoms with Gasteiger partial charge in [0.1, 0.15) is 25.4 Å². The Balaban J connectivity index is 1.40. The Morgan fingerprint density at radius 2 is 1.66 bits per heavy atom. The zero-order chi connectivity index (χ0) is 20.5. The summed E-state index contributed by atoms with van der Waals surface area (Å²) in [4.78, 5) is 25.6. The van der Waals surface area contributed by atoms with Gasteiger partial charge in [-0.05, 0) is 29.8 Å². The van der Waals surface area contributed by atoms with E-state index in [2.05, 4.69) is 5.32 Å². The number of esters is 1. The third kappa shape index (κ3) is 6.58. The van der Waals surface area contributed by atoms with Crippen LogP contribution in [0.25, 0.3) is 0 Å². The minimum atomic E-state index is -0.505. The third-order valence-electron chi connectivity index (χ3n) is 4.83. The fourth-order valence-corrected chi connectivity index (χ4v) is 3.09. The molecule has 0 spiro atoms. The largest absolute Gasteiger partial charge is 0.497 e. The van der Waals surface area contributed by atoms with Crippen molar-refractivity contribution in [2.24, 2.45) is 0 Å². The highest BCUT2D eigenvalue weighted by atomic mass is 16.5. The van der Waals surface area contributed by atoms with Gasteiger partial charge in [-0.3, -0.25) is 4.79 Å². The average Bonchev–Trinajstić information content (AvgIpc) is 2.77. The Bertz CT molecular complexity index is 799. The van der Waals surface area contributed by atoms with E-state index in [1.807, 2.05) is 36.4 Å². The van der Waals surface area contributed by atoms with Crippen LogP contribution in [0.3, 0.4) is 0 Å². The summed E-state index contributed by atoms with van der Waals surface area (Å²) in [5, 5.41) is 2.73. The number of quaternary nitrogens is 1. The van der Waals surface area contributed by atoms with Crippen molar-refractivity contribution in [3.8, 4) is 5.75 Å². The predicted octanol–water partition coefficient (Wildman–Crippen LogP) is 0.584. The van der Waals surface area contributed by atoms with E-state index < -0.39 is 5.97 Å². The minimum absolute atomic E-state index is 0.311. The Morgan fingerprint density at radius 1 is 1.00 bits per heavy atom. The maximum absolute atomic E-state index is 12.2. The second-order valence-electron chi connectivity index (χ2n) is 6.94. The van der Waals surface area contributed by atoms with Crippen LogP contribution in [-0.4, -0.2) is 51.9 Å². The maximum Gasteiger partial charge on any atom is 0.338 e. The molecule has 2 aromatic rings. The lowest BCUT2D eigenvalue weighted by atomic mass is 10.1. The van der Waals surface area contributed by atoms with Gasteiger partial charge in [0, 0.05) is 12.1 Å². The van der Waals surface area contributed by atoms with E-state index in [1.54, 1.807) is 19.2 Å². The first-order chi connectivity index (χ1) is 14.1. The number of amides is 1. The molecular formula is C22H27N2O5+. The molecule has 0 aliphatic carbocycles. The van der Waals surface area contributed by atoms with Crippen molar-refractivity contribution in [3.63, 3.8) is 0 Å². The molecule has 1 amide bonds. The second-order valence-corrected chi connectivity index (χ2v) is 6.94. The Morgan fingerprint density at radius 3 is 2.31 bits per heavy atom. The Labute approximate surface area is 170 Å². The van der Waals surface area contributed by atoms with Crippen molar-refractivity contribution < 1.29 is 28.7 Å². The number of nitrogens with one attached hydrogen (secondary N) is 2. The molecule has 29 heavy (non-hydrogen) atoms. The number of hydrogen-bond acceptors (Lipinski definition) is 5. The Kier molecular flexibility index (Phi) is 7.61. The number of carbonyl (C=O) groups excluding carboxylic acids is 2. The second kappa shape index (κ2) is 10.6. The lowest BCUT2D eigenvalue weighted by Gasteiger charge is -2.23. The number of hydrogen-bond donors (Lipinski definition) is 2. The molecule has 1 aliphatic rings. The normalized spacial score (nSPS) is 14.2. The van der Waals surface area contributed by atoms with E-state index in [1.165, 1.54) is 4.90 Å². The third-order valence-corrected chi connectivity index (χ3v) is 4.83. The number of morpholine rings is 1. The van der Waals surface area contributed by atoms with Gasteiger partial charge in [-0.15, -0.1) is 0 Å². The molecule has 0 saturated carbocycles. The lowest BCUT2D eigenvalue weighted by Crippen LogP contribution is -3.12. The molecule has 0 unspecified atom stereocenters. The molecule has 0 radical (unpaired) electrons. The molecule has 1 fully saturated rings. The van der Waals surface area contributed by atoms with Gasteiger partial charge in [-0.25, -0.2) is 4.79 Å². The summed E-state index contributed by atoms with van der Waals surface area (Å²) in [6.07, 6.45) is 0. The van der Waals surface area contributed by atoms with Crippen LogP contribution in [0.2, 0.25) is 0 Å². The summed E-state index contributed by atoms with van der Waals surface area (Å²) in [5.74, 6) is -0.0945. The van der Waals surface area contributed by atoms with Crippen LogP contribution < -0.4 is 15.0 Å². The van der Waals surface area contributed by atoms with Gasteiger partial charge in [0.25, 0.3) is 5.91 Å². The van der Waals surface area contributed by atoms with Gasteiger partial charge < -0.3 is 24.4 Å². The SMILES string of the molecule is COc1ccc(CNC(=O)COC(=O)c2ccc(C[NH+]3CCOCC3)cc2)cc1. The number of rotatable bonds is 8. The van der Waals surface area contributed by atoms with Crippen LogP contribution in [0, 0.1) is 0 Å². The molecular weight excluding hydrogens is 372 g/mol. The first kappa shape index (κ1) is 20.8. The van der Waals surface area contributed by atoms with E-state index in [-0.39, 0.29) is 12.5 Å². The van der Waals surface area contributed by atoms with Gasteiger partial charge in [-0.1, -0.05) is 24.3 Å². The predicted molar refractivity (Wildman–Crippen MR) is 107 cm³/mol. The summed E-state index contributed by atoms with van der Waals surface area (Å²) >= 11 is 0. The standard InChI is InChI=1S/C22H26N2O5/c1-27-20-8-4-17(5-9-20)14-23-21(25)16-29-22(26)19-6-2-18(3-7-19)15-24-10-12-28-13-11-24/h2-9H,10-16H2,1H3,(H,23,25)/p+1. The summed E-state index contributed by atoms with van der Waals surface area (Å²) in [5.41, 5.74) is 2.54. The fourth-order valence-electron chi connectivity index (χ4n) is 3.09. The molecule has 2 N–H and O–H groups in total. The highest BCUT2D eigenvalue weighted by Crippen LogP contribution is 2.11. The monoisotopic (exact) mass is 399 g/mol. The molecule has 7 nitrogen and oxygen atoms in total. The van der Waals surface area contributed by atoms with E-state index in [4.69, 9.17) is 14.2 Å². The van der Waals surface area contributed by atoms with Gasteiger partial charge in [0.05, 0.1) is 25.9 Å². The highest BCUT2D eigenvalue weighted by molar-refractivity contribution is 5.91. The van der Waals surface area contributed by atoms with Crippen LogP contribution in [0.1, 0.15) is 21.5 Å².